The van der Waals surface area contributed by atoms with Gasteiger partial charge in [0.1, 0.15) is 0 Å². The van der Waals surface area contributed by atoms with Crippen LogP contribution in [0.25, 0.3) is 0 Å². The van der Waals surface area contributed by atoms with Gasteiger partial charge in [0.05, 0.1) is 23.7 Å². The summed E-state index contributed by atoms with van der Waals surface area (Å²) in [5, 5.41) is 9.53. The largest absolute Gasteiger partial charge is 0.396 e. The van der Waals surface area contributed by atoms with Gasteiger partial charge < -0.3 is 15.7 Å². The van der Waals surface area contributed by atoms with Crippen molar-refractivity contribution in [1.29, 1.82) is 0 Å². The number of anilines is 2. The molecule has 1 aliphatic heterocycles. The third-order valence-corrected chi connectivity index (χ3v) is 2.57. The van der Waals surface area contributed by atoms with E-state index in [1.807, 2.05) is 6.07 Å². The van der Waals surface area contributed by atoms with Crippen LogP contribution in [0.5, 0.6) is 0 Å². The lowest BCUT2D eigenvalue weighted by atomic mass is 10.1. The van der Waals surface area contributed by atoms with Gasteiger partial charge in [0.25, 0.3) is 0 Å². The van der Waals surface area contributed by atoms with Crippen LogP contribution in [0.15, 0.2) is 18.5 Å². The molecule has 4 heteroatoms. The molecular weight excluding hydrogens is 178 g/mol. The summed E-state index contributed by atoms with van der Waals surface area (Å²) in [5.74, 6) is 0. The molecule has 3 N–H and O–H groups in total. The number of nitrogen functional groups attached to an aromatic ring is 1. The Balaban J connectivity index is 2.18. The molecule has 1 aromatic heterocycles. The fourth-order valence-corrected chi connectivity index (χ4v) is 1.86. The number of hydrogen-bond acceptors (Lipinski definition) is 4. The number of nitrogens with two attached hydrogens (primary N) is 1. The van der Waals surface area contributed by atoms with Crippen molar-refractivity contribution in [3.05, 3.63) is 18.5 Å². The van der Waals surface area contributed by atoms with Crippen molar-refractivity contribution in [2.45, 2.75) is 18.9 Å². The average Bonchev–Trinajstić information content (AvgIpc) is 2.18. The number of rotatable bonds is 1. The van der Waals surface area contributed by atoms with Gasteiger partial charge in [-0.15, -0.1) is 0 Å². The summed E-state index contributed by atoms with van der Waals surface area (Å²) < 4.78 is 0. The predicted molar refractivity (Wildman–Crippen MR) is 56.1 cm³/mol. The summed E-state index contributed by atoms with van der Waals surface area (Å²) >= 11 is 0. The van der Waals surface area contributed by atoms with Crippen LogP contribution in [0, 0.1) is 0 Å². The molecule has 1 atom stereocenters. The van der Waals surface area contributed by atoms with Crippen LogP contribution in [-0.2, 0) is 0 Å². The molecule has 14 heavy (non-hydrogen) atoms. The van der Waals surface area contributed by atoms with Gasteiger partial charge in [-0.2, -0.15) is 0 Å². The molecule has 2 heterocycles. The van der Waals surface area contributed by atoms with E-state index < -0.39 is 0 Å². The lowest BCUT2D eigenvalue weighted by Crippen LogP contribution is -2.38. The molecule has 1 saturated heterocycles. The van der Waals surface area contributed by atoms with Crippen molar-refractivity contribution < 1.29 is 5.11 Å². The van der Waals surface area contributed by atoms with Crippen LogP contribution < -0.4 is 10.6 Å². The molecule has 0 spiro atoms. The normalized spacial score (nSPS) is 22.4. The van der Waals surface area contributed by atoms with Gasteiger partial charge in [-0.3, -0.25) is 4.98 Å². The summed E-state index contributed by atoms with van der Waals surface area (Å²) in [7, 11) is 0. The Morgan fingerprint density at radius 1 is 1.57 bits per heavy atom. The van der Waals surface area contributed by atoms with Gasteiger partial charge in [0, 0.05) is 19.3 Å². The number of β-amino-alcohol motifs (C(OH)–C–C–N with tert-alkyl or cyclic N) is 1. The Bertz CT molecular complexity index is 316. The molecule has 0 aliphatic carbocycles. The number of piperidine rings is 1. The van der Waals surface area contributed by atoms with Crippen molar-refractivity contribution in [3.8, 4) is 0 Å². The smallest absolute Gasteiger partial charge is 0.0738 e. The van der Waals surface area contributed by atoms with Gasteiger partial charge in [0.15, 0.2) is 0 Å². The van der Waals surface area contributed by atoms with Crippen LogP contribution in [0.3, 0.4) is 0 Å². The number of aromatic nitrogens is 1. The first kappa shape index (κ1) is 9.27. The number of aliphatic hydroxyl groups excluding tert-OH is 1. The predicted octanol–water partition coefficient (Wildman–Crippen LogP) is 0.625. The van der Waals surface area contributed by atoms with E-state index in [1.54, 1.807) is 12.4 Å². The van der Waals surface area contributed by atoms with E-state index in [-0.39, 0.29) is 6.10 Å². The maximum absolute atomic E-state index is 9.53. The molecule has 1 aromatic rings. The summed E-state index contributed by atoms with van der Waals surface area (Å²) in [5.41, 5.74) is 7.48. The minimum Gasteiger partial charge on any atom is -0.396 e. The molecule has 4 nitrogen and oxygen atoms in total. The Hall–Kier alpha value is -1.29. The first-order valence-corrected chi connectivity index (χ1v) is 4.90. The van der Waals surface area contributed by atoms with E-state index in [2.05, 4.69) is 9.88 Å². The maximum Gasteiger partial charge on any atom is 0.0738 e. The van der Waals surface area contributed by atoms with Crippen molar-refractivity contribution >= 4 is 11.4 Å². The molecule has 0 radical (unpaired) electrons. The van der Waals surface area contributed by atoms with Gasteiger partial charge in [-0.1, -0.05) is 0 Å². The van der Waals surface area contributed by atoms with Crippen molar-refractivity contribution in [2.75, 3.05) is 23.7 Å². The Labute approximate surface area is 83.4 Å². The van der Waals surface area contributed by atoms with Gasteiger partial charge in [-0.25, -0.2) is 0 Å². The Morgan fingerprint density at radius 2 is 2.43 bits per heavy atom. The second-order valence-corrected chi connectivity index (χ2v) is 3.68. The molecule has 0 bridgehead atoms. The molecular formula is C10H15N3O. The zero-order chi connectivity index (χ0) is 9.97. The first-order valence-electron chi connectivity index (χ1n) is 4.90. The number of nitrogens with zero attached hydrogens (tertiary/aromatic N) is 2. The van der Waals surface area contributed by atoms with E-state index >= 15 is 0 Å². The van der Waals surface area contributed by atoms with Crippen LogP contribution >= 0.6 is 0 Å². The summed E-state index contributed by atoms with van der Waals surface area (Å²) in [4.78, 5) is 6.06. The summed E-state index contributed by atoms with van der Waals surface area (Å²) in [6, 6.07) is 1.90. The highest BCUT2D eigenvalue weighted by Gasteiger charge is 2.18. The van der Waals surface area contributed by atoms with Gasteiger partial charge >= 0.3 is 0 Å². The second kappa shape index (κ2) is 3.84. The quantitative estimate of drug-likeness (QED) is 0.686. The molecule has 76 valence electrons. The first-order chi connectivity index (χ1) is 6.77. The molecule has 1 unspecified atom stereocenters. The average molecular weight is 193 g/mol. The maximum atomic E-state index is 9.53. The lowest BCUT2D eigenvalue weighted by Gasteiger charge is -2.32. The summed E-state index contributed by atoms with van der Waals surface area (Å²) in [6.07, 6.45) is 5.06. The van der Waals surface area contributed by atoms with Crippen molar-refractivity contribution in [2.24, 2.45) is 0 Å². The Kier molecular flexibility index (Phi) is 2.54. The third kappa shape index (κ3) is 1.80. The zero-order valence-electron chi connectivity index (χ0n) is 8.06. The molecule has 1 aliphatic rings. The highest BCUT2D eigenvalue weighted by atomic mass is 16.3. The van der Waals surface area contributed by atoms with Gasteiger partial charge in [-0.05, 0) is 18.9 Å². The van der Waals surface area contributed by atoms with E-state index in [0.717, 1.165) is 25.1 Å². The highest BCUT2D eigenvalue weighted by molar-refractivity contribution is 5.66. The van der Waals surface area contributed by atoms with E-state index in [4.69, 9.17) is 5.73 Å². The molecule has 0 saturated carbocycles. The number of pyridine rings is 1. The number of hydrogen-bond donors (Lipinski definition) is 2. The fraction of sp³-hybridized carbons (Fsp3) is 0.500. The van der Waals surface area contributed by atoms with Crippen LogP contribution in [0.1, 0.15) is 12.8 Å². The minimum atomic E-state index is -0.226. The zero-order valence-corrected chi connectivity index (χ0v) is 8.06. The van der Waals surface area contributed by atoms with E-state index in [0.29, 0.717) is 12.2 Å². The molecule has 0 amide bonds. The summed E-state index contributed by atoms with van der Waals surface area (Å²) in [6.45, 7) is 1.64. The van der Waals surface area contributed by atoms with Crippen molar-refractivity contribution in [3.63, 3.8) is 0 Å². The Morgan fingerprint density at radius 3 is 3.14 bits per heavy atom. The lowest BCUT2D eigenvalue weighted by molar-refractivity contribution is 0.154. The number of aliphatic hydroxyl groups is 1. The molecule has 1 fully saturated rings. The second-order valence-electron chi connectivity index (χ2n) is 3.68. The molecule has 2 rings (SSSR count). The van der Waals surface area contributed by atoms with Crippen LogP contribution in [-0.4, -0.2) is 29.3 Å². The van der Waals surface area contributed by atoms with Crippen LogP contribution in [0.2, 0.25) is 0 Å². The topological polar surface area (TPSA) is 62.4 Å². The minimum absolute atomic E-state index is 0.226. The monoisotopic (exact) mass is 193 g/mol. The van der Waals surface area contributed by atoms with E-state index in [9.17, 15) is 5.11 Å². The molecule has 0 aromatic carbocycles. The van der Waals surface area contributed by atoms with Crippen LogP contribution in [0.4, 0.5) is 11.4 Å². The third-order valence-electron chi connectivity index (χ3n) is 2.57. The highest BCUT2D eigenvalue weighted by Crippen LogP contribution is 2.24. The van der Waals surface area contributed by atoms with E-state index in [1.165, 1.54) is 0 Å². The SMILES string of the molecule is Nc1cnccc1N1CCCC(O)C1. The van der Waals surface area contributed by atoms with Crippen molar-refractivity contribution in [1.82, 2.24) is 4.98 Å². The standard InChI is InChI=1S/C10H15N3O/c11-9-6-12-4-3-10(9)13-5-1-2-8(14)7-13/h3-4,6,8,14H,1-2,5,7,11H2. The van der Waals surface area contributed by atoms with Gasteiger partial charge in [0.2, 0.25) is 0 Å². The fourth-order valence-electron chi connectivity index (χ4n) is 1.86.